The van der Waals surface area contributed by atoms with Crippen LogP contribution in [0.15, 0.2) is 53.6 Å². The number of nitrogens with zero attached hydrogens (tertiary/aromatic N) is 4. The summed E-state index contributed by atoms with van der Waals surface area (Å²) in [6.45, 7) is 4.19. The van der Waals surface area contributed by atoms with Crippen molar-refractivity contribution in [3.63, 3.8) is 0 Å². The van der Waals surface area contributed by atoms with Gasteiger partial charge in [0, 0.05) is 5.56 Å². The zero-order chi connectivity index (χ0) is 24.9. The number of nitrogen functional groups attached to an aromatic ring is 1. The van der Waals surface area contributed by atoms with Gasteiger partial charge in [-0.1, -0.05) is 53.4 Å². The molecule has 10 heteroatoms. The molecule has 0 saturated carbocycles. The van der Waals surface area contributed by atoms with Crippen molar-refractivity contribution in [2.24, 2.45) is 0 Å². The van der Waals surface area contributed by atoms with Crippen LogP contribution < -0.4 is 15.8 Å². The molecule has 0 saturated heterocycles. The summed E-state index contributed by atoms with van der Waals surface area (Å²) in [4.78, 5) is 21.7. The fourth-order valence-electron chi connectivity index (χ4n) is 3.42. The van der Waals surface area contributed by atoms with Crippen LogP contribution >= 0.6 is 23.1 Å². The summed E-state index contributed by atoms with van der Waals surface area (Å²) in [5.74, 6) is 0.457. The topological polar surface area (TPSA) is 138 Å². The van der Waals surface area contributed by atoms with Crippen molar-refractivity contribution in [2.75, 3.05) is 17.7 Å². The fourth-order valence-corrected chi connectivity index (χ4v) is 5.23. The van der Waals surface area contributed by atoms with Crippen LogP contribution in [0.25, 0.3) is 21.3 Å². The minimum absolute atomic E-state index is 0.0109. The van der Waals surface area contributed by atoms with Crippen LogP contribution in [0.4, 0.5) is 10.9 Å². The molecule has 0 spiro atoms. The Balaban J connectivity index is 1.60. The third-order valence-corrected chi connectivity index (χ3v) is 7.06. The predicted octanol–water partition coefficient (Wildman–Crippen LogP) is 5.20. The normalized spacial score (nSPS) is 11.4. The molecule has 0 radical (unpaired) electrons. The predicted molar refractivity (Wildman–Crippen MR) is 138 cm³/mol. The van der Waals surface area contributed by atoms with Crippen LogP contribution in [-0.4, -0.2) is 27.7 Å². The monoisotopic (exact) mass is 500 g/mol. The highest BCUT2D eigenvalue weighted by Crippen LogP contribution is 2.37. The molecule has 0 aliphatic rings. The van der Waals surface area contributed by atoms with Crippen molar-refractivity contribution in [3.05, 3.63) is 59.7 Å². The van der Waals surface area contributed by atoms with E-state index in [1.165, 1.54) is 11.3 Å². The molecule has 1 amide bonds. The molecular formula is C25H20N6O2S2. The Morgan fingerprint density at radius 2 is 1.91 bits per heavy atom. The van der Waals surface area contributed by atoms with Gasteiger partial charge in [-0.15, -0.1) is 0 Å². The molecule has 35 heavy (non-hydrogen) atoms. The summed E-state index contributed by atoms with van der Waals surface area (Å²) in [5.41, 5.74) is 8.25. The van der Waals surface area contributed by atoms with Gasteiger partial charge in [0.25, 0.3) is 0 Å². The minimum Gasteiger partial charge on any atom is -0.494 e. The lowest BCUT2D eigenvalue weighted by Gasteiger charge is -2.15. The number of thioether (sulfide) groups is 1. The van der Waals surface area contributed by atoms with Crippen molar-refractivity contribution < 1.29 is 9.53 Å². The van der Waals surface area contributed by atoms with Crippen molar-refractivity contribution >= 4 is 50.2 Å². The number of hydrogen-bond acceptors (Lipinski definition) is 9. The van der Waals surface area contributed by atoms with Crippen LogP contribution in [0.5, 0.6) is 5.75 Å². The molecule has 0 bridgehead atoms. The van der Waals surface area contributed by atoms with Crippen LogP contribution in [0.3, 0.4) is 0 Å². The molecule has 0 aliphatic heterocycles. The fraction of sp³-hybridized carbons (Fsp3) is 0.160. The molecule has 2 aromatic heterocycles. The zero-order valence-corrected chi connectivity index (χ0v) is 20.5. The quantitative estimate of drug-likeness (QED) is 0.330. The summed E-state index contributed by atoms with van der Waals surface area (Å²) >= 11 is 2.45. The van der Waals surface area contributed by atoms with Gasteiger partial charge < -0.3 is 15.8 Å². The molecule has 4 aromatic rings. The molecule has 174 valence electrons. The van der Waals surface area contributed by atoms with Crippen LogP contribution in [0.2, 0.25) is 0 Å². The molecular weight excluding hydrogens is 480 g/mol. The minimum atomic E-state index is -0.614. The number of nitrogens with one attached hydrogen (secondary N) is 1. The Morgan fingerprint density at radius 3 is 2.60 bits per heavy atom. The van der Waals surface area contributed by atoms with E-state index in [0.717, 1.165) is 27.7 Å². The average molecular weight is 501 g/mol. The van der Waals surface area contributed by atoms with Crippen molar-refractivity contribution in [1.29, 1.82) is 10.5 Å². The Kier molecular flexibility index (Phi) is 7.16. The summed E-state index contributed by atoms with van der Waals surface area (Å²) in [6, 6.07) is 18.8. The van der Waals surface area contributed by atoms with E-state index in [1.807, 2.05) is 43.3 Å². The largest absolute Gasteiger partial charge is 0.494 e. The number of ether oxygens (including phenoxy) is 1. The molecule has 3 N–H and O–H groups in total. The summed E-state index contributed by atoms with van der Waals surface area (Å²) in [6.07, 6.45) is 0. The number of aromatic nitrogens is 2. The molecule has 0 fully saturated rings. The number of carbonyl (C=O) groups excluding carboxylic acids is 1. The van der Waals surface area contributed by atoms with Crippen LogP contribution in [-0.2, 0) is 4.79 Å². The lowest BCUT2D eigenvalue weighted by molar-refractivity contribution is -0.115. The van der Waals surface area contributed by atoms with Gasteiger partial charge in [-0.3, -0.25) is 4.79 Å². The Labute approximate surface area is 210 Å². The van der Waals surface area contributed by atoms with Crippen LogP contribution in [0, 0.1) is 22.7 Å². The summed E-state index contributed by atoms with van der Waals surface area (Å²) in [5, 5.41) is 22.5. The van der Waals surface area contributed by atoms with Gasteiger partial charge in [0.05, 0.1) is 27.6 Å². The molecule has 2 aromatic carbocycles. The third-order valence-electron chi connectivity index (χ3n) is 5.04. The smallest absolute Gasteiger partial charge is 0.239 e. The van der Waals surface area contributed by atoms with E-state index in [-0.39, 0.29) is 27.9 Å². The Morgan fingerprint density at radius 1 is 1.17 bits per heavy atom. The maximum atomic E-state index is 12.9. The van der Waals surface area contributed by atoms with E-state index >= 15 is 0 Å². The molecule has 2 heterocycles. The van der Waals surface area contributed by atoms with E-state index in [9.17, 15) is 15.3 Å². The van der Waals surface area contributed by atoms with Gasteiger partial charge in [-0.25, -0.2) is 9.97 Å². The number of rotatable bonds is 7. The number of carbonyl (C=O) groups is 1. The van der Waals surface area contributed by atoms with Gasteiger partial charge in [-0.2, -0.15) is 10.5 Å². The first-order valence-electron chi connectivity index (χ1n) is 10.6. The lowest BCUT2D eigenvalue weighted by atomic mass is 9.97. The molecule has 8 nitrogen and oxygen atoms in total. The Bertz CT molecular complexity index is 1490. The van der Waals surface area contributed by atoms with E-state index in [4.69, 9.17) is 10.5 Å². The lowest BCUT2D eigenvalue weighted by Crippen LogP contribution is -2.22. The number of pyridine rings is 1. The first kappa shape index (κ1) is 24.0. The zero-order valence-electron chi connectivity index (χ0n) is 18.9. The number of thiazole rings is 1. The van der Waals surface area contributed by atoms with E-state index in [1.54, 1.807) is 19.1 Å². The highest BCUT2D eigenvalue weighted by atomic mass is 32.2. The van der Waals surface area contributed by atoms with Crippen molar-refractivity contribution in [2.45, 2.75) is 24.1 Å². The Hall–Kier alpha value is -4.12. The maximum absolute atomic E-state index is 12.9. The highest BCUT2D eigenvalue weighted by molar-refractivity contribution is 8.00. The first-order valence-corrected chi connectivity index (χ1v) is 12.3. The number of nitriles is 2. The van der Waals surface area contributed by atoms with Gasteiger partial charge in [-0.05, 0) is 37.6 Å². The highest BCUT2D eigenvalue weighted by Gasteiger charge is 2.24. The molecule has 0 aliphatic carbocycles. The van der Waals surface area contributed by atoms with E-state index in [2.05, 4.69) is 27.4 Å². The van der Waals surface area contributed by atoms with E-state index in [0.29, 0.717) is 22.9 Å². The number of amides is 1. The van der Waals surface area contributed by atoms with Crippen molar-refractivity contribution in [1.82, 2.24) is 9.97 Å². The second kappa shape index (κ2) is 10.4. The number of fused-ring (bicyclic) bond motifs is 1. The molecule has 1 atom stereocenters. The van der Waals surface area contributed by atoms with E-state index < -0.39 is 5.25 Å². The van der Waals surface area contributed by atoms with Gasteiger partial charge >= 0.3 is 0 Å². The number of hydrogen-bond donors (Lipinski definition) is 2. The standard InChI is InChI=1S/C25H20N6O2S2/c1-3-33-16-9-10-19-20(11-16)35-25(29-19)31-23(32)14(2)34-24-18(13-27)21(15-7-5-4-6-8-15)17(12-26)22(28)30-24/h4-11,14H,3H2,1-2H3,(H2,28,30)(H,29,31,32). The molecule has 1 unspecified atom stereocenters. The summed E-state index contributed by atoms with van der Waals surface area (Å²) in [7, 11) is 0. The first-order chi connectivity index (χ1) is 16.9. The van der Waals surface area contributed by atoms with Gasteiger partial charge in [0.1, 0.15) is 34.3 Å². The SMILES string of the molecule is CCOc1ccc2nc(NC(=O)C(C)Sc3nc(N)c(C#N)c(-c4ccccc4)c3C#N)sc2c1. The van der Waals surface area contributed by atoms with Gasteiger partial charge in [0.2, 0.25) is 5.91 Å². The maximum Gasteiger partial charge on any atom is 0.239 e. The van der Waals surface area contributed by atoms with Crippen LogP contribution in [0.1, 0.15) is 25.0 Å². The van der Waals surface area contributed by atoms with Crippen molar-refractivity contribution in [3.8, 4) is 29.0 Å². The number of anilines is 2. The number of nitrogens with two attached hydrogens (primary N) is 1. The third kappa shape index (κ3) is 5.04. The summed E-state index contributed by atoms with van der Waals surface area (Å²) < 4.78 is 6.42. The van der Waals surface area contributed by atoms with Gasteiger partial charge in [0.15, 0.2) is 5.13 Å². The second-order valence-electron chi connectivity index (χ2n) is 7.35. The molecule has 4 rings (SSSR count). The second-order valence-corrected chi connectivity index (χ2v) is 9.71. The average Bonchev–Trinajstić information content (AvgIpc) is 3.25. The number of benzene rings is 2.